The Kier molecular flexibility index (Phi) is 6.10. The second kappa shape index (κ2) is 7.36. The van der Waals surface area contributed by atoms with Gasteiger partial charge in [0, 0.05) is 35.4 Å². The molecule has 1 unspecified atom stereocenters. The number of anilines is 1. The van der Waals surface area contributed by atoms with Crippen LogP contribution in [0.4, 0.5) is 5.69 Å². The van der Waals surface area contributed by atoms with Crippen molar-refractivity contribution in [2.75, 3.05) is 32.1 Å². The van der Waals surface area contributed by atoms with Gasteiger partial charge >= 0.3 is 0 Å². The number of hydrogen-bond donors (Lipinski definition) is 2. The summed E-state index contributed by atoms with van der Waals surface area (Å²) >= 11 is 6.10. The van der Waals surface area contributed by atoms with Gasteiger partial charge in [0.1, 0.15) is 0 Å². The van der Waals surface area contributed by atoms with Crippen LogP contribution in [-0.4, -0.2) is 49.2 Å². The minimum atomic E-state index is 0.0900. The maximum absolute atomic E-state index is 8.92. The molecule has 112 valence electrons. The van der Waals surface area contributed by atoms with Crippen LogP contribution in [0.3, 0.4) is 0 Å². The second-order valence-electron chi connectivity index (χ2n) is 5.04. The van der Waals surface area contributed by atoms with Crippen molar-refractivity contribution in [3.05, 3.63) is 28.8 Å². The largest absolute Gasteiger partial charge is 0.409 e. The molecule has 6 heteroatoms. The summed E-state index contributed by atoms with van der Waals surface area (Å²) in [6, 6.07) is 5.64. The van der Waals surface area contributed by atoms with Crippen molar-refractivity contribution in [3.8, 4) is 0 Å². The molecule has 0 saturated heterocycles. The van der Waals surface area contributed by atoms with Gasteiger partial charge in [0.05, 0.1) is 0 Å². The molecule has 20 heavy (non-hydrogen) atoms. The first kappa shape index (κ1) is 16.6. The molecule has 0 fully saturated rings. The Morgan fingerprint density at radius 1 is 1.45 bits per heavy atom. The molecule has 0 heterocycles. The molecule has 0 aliphatic rings. The maximum Gasteiger partial charge on any atom is 0.172 e. The second-order valence-corrected chi connectivity index (χ2v) is 5.48. The van der Waals surface area contributed by atoms with Crippen molar-refractivity contribution in [3.63, 3.8) is 0 Å². The molecule has 0 saturated carbocycles. The Morgan fingerprint density at radius 3 is 2.60 bits per heavy atom. The highest BCUT2D eigenvalue weighted by Crippen LogP contribution is 2.26. The number of halogens is 1. The monoisotopic (exact) mass is 298 g/mol. The van der Waals surface area contributed by atoms with Crippen molar-refractivity contribution in [1.82, 2.24) is 4.90 Å². The average Bonchev–Trinajstić information content (AvgIpc) is 2.38. The summed E-state index contributed by atoms with van der Waals surface area (Å²) in [6.45, 7) is 5.92. The molecule has 5 nitrogen and oxygen atoms in total. The van der Waals surface area contributed by atoms with Crippen LogP contribution in [0.2, 0.25) is 5.02 Å². The summed E-state index contributed by atoms with van der Waals surface area (Å²) in [6.07, 6.45) is 0. The fourth-order valence-electron chi connectivity index (χ4n) is 2.36. The van der Waals surface area contributed by atoms with Crippen LogP contribution in [-0.2, 0) is 0 Å². The number of benzene rings is 1. The molecule has 0 bridgehead atoms. The topological polar surface area (TPSA) is 65.1 Å². The van der Waals surface area contributed by atoms with Gasteiger partial charge in [-0.15, -0.1) is 0 Å². The van der Waals surface area contributed by atoms with E-state index in [1.54, 1.807) is 12.1 Å². The number of amidine groups is 1. The third kappa shape index (κ3) is 4.02. The lowest BCUT2D eigenvalue weighted by atomic mass is 10.1. The smallest absolute Gasteiger partial charge is 0.172 e. The molecular formula is C14H23ClN4O. The van der Waals surface area contributed by atoms with Crippen LogP contribution < -0.4 is 10.6 Å². The van der Waals surface area contributed by atoms with E-state index in [0.29, 0.717) is 10.6 Å². The molecule has 0 aliphatic carbocycles. The van der Waals surface area contributed by atoms with Crippen LogP contribution >= 0.6 is 11.6 Å². The van der Waals surface area contributed by atoms with Gasteiger partial charge in [-0.2, -0.15) is 0 Å². The molecule has 1 aromatic carbocycles. The first-order valence-corrected chi connectivity index (χ1v) is 6.97. The number of oxime groups is 1. The highest BCUT2D eigenvalue weighted by molar-refractivity contribution is 6.31. The average molecular weight is 299 g/mol. The molecule has 0 aliphatic heterocycles. The number of likely N-dealkylation sites (N-methyl/N-ethyl adjacent to an activating group) is 2. The summed E-state index contributed by atoms with van der Waals surface area (Å²) in [4.78, 5) is 4.32. The zero-order chi connectivity index (χ0) is 15.3. The number of rotatable bonds is 6. The summed E-state index contributed by atoms with van der Waals surface area (Å²) in [5.74, 6) is 0.0900. The highest BCUT2D eigenvalue weighted by Gasteiger charge is 2.19. The Hall–Kier alpha value is -1.46. The van der Waals surface area contributed by atoms with Crippen molar-refractivity contribution in [2.45, 2.75) is 19.9 Å². The SMILES string of the molecule is CCN(c1cc(Cl)ccc1/C(N)=N/O)C(C)CN(C)C. The lowest BCUT2D eigenvalue weighted by molar-refractivity contribution is 0.318. The Labute approximate surface area is 125 Å². The predicted octanol–water partition coefficient (Wildman–Crippen LogP) is 2.21. The third-order valence-corrected chi connectivity index (χ3v) is 3.39. The van der Waals surface area contributed by atoms with E-state index < -0.39 is 0 Å². The Bertz CT molecular complexity index is 476. The van der Waals surface area contributed by atoms with Crippen LogP contribution in [0, 0.1) is 0 Å². The normalized spacial score (nSPS) is 13.6. The molecule has 1 aromatic rings. The van der Waals surface area contributed by atoms with E-state index in [-0.39, 0.29) is 11.9 Å². The van der Waals surface area contributed by atoms with Crippen molar-refractivity contribution < 1.29 is 5.21 Å². The van der Waals surface area contributed by atoms with Gasteiger partial charge in [-0.1, -0.05) is 16.8 Å². The Morgan fingerprint density at radius 2 is 2.10 bits per heavy atom. The fourth-order valence-corrected chi connectivity index (χ4v) is 2.53. The van der Waals surface area contributed by atoms with Gasteiger partial charge in [-0.3, -0.25) is 0 Å². The molecule has 0 aromatic heterocycles. The van der Waals surface area contributed by atoms with Crippen molar-refractivity contribution >= 4 is 23.1 Å². The number of nitrogens with zero attached hydrogens (tertiary/aromatic N) is 3. The predicted molar refractivity (Wildman–Crippen MR) is 85.0 cm³/mol. The lowest BCUT2D eigenvalue weighted by Crippen LogP contribution is -2.41. The summed E-state index contributed by atoms with van der Waals surface area (Å²) < 4.78 is 0. The van der Waals surface area contributed by atoms with Gasteiger partial charge in [0.15, 0.2) is 5.84 Å². The number of hydrogen-bond acceptors (Lipinski definition) is 4. The number of nitrogens with two attached hydrogens (primary N) is 1. The Balaban J connectivity index is 3.22. The molecular weight excluding hydrogens is 276 g/mol. The van der Waals surface area contributed by atoms with E-state index in [0.717, 1.165) is 18.8 Å². The molecule has 0 spiro atoms. The fraction of sp³-hybridized carbons (Fsp3) is 0.500. The molecule has 0 amide bonds. The summed E-state index contributed by atoms with van der Waals surface area (Å²) in [5.41, 5.74) is 7.32. The van der Waals surface area contributed by atoms with E-state index in [9.17, 15) is 0 Å². The van der Waals surface area contributed by atoms with Gasteiger partial charge in [-0.05, 0) is 46.1 Å². The van der Waals surface area contributed by atoms with E-state index in [1.165, 1.54) is 0 Å². The molecule has 1 rings (SSSR count). The molecule has 3 N–H and O–H groups in total. The zero-order valence-corrected chi connectivity index (χ0v) is 13.2. The minimum absolute atomic E-state index is 0.0900. The van der Waals surface area contributed by atoms with Gasteiger partial charge in [-0.25, -0.2) is 0 Å². The van der Waals surface area contributed by atoms with Crippen molar-refractivity contribution in [1.29, 1.82) is 0 Å². The minimum Gasteiger partial charge on any atom is -0.409 e. The van der Waals surface area contributed by atoms with Crippen LogP contribution in [0.5, 0.6) is 0 Å². The summed E-state index contributed by atoms with van der Waals surface area (Å²) in [5, 5.41) is 12.7. The quantitative estimate of drug-likeness (QED) is 0.366. The van der Waals surface area contributed by atoms with Gasteiger partial charge < -0.3 is 20.7 Å². The lowest BCUT2D eigenvalue weighted by Gasteiger charge is -2.33. The van der Waals surface area contributed by atoms with E-state index in [4.69, 9.17) is 22.5 Å². The third-order valence-electron chi connectivity index (χ3n) is 3.16. The highest BCUT2D eigenvalue weighted by atomic mass is 35.5. The molecule has 1 atom stereocenters. The first-order chi connectivity index (χ1) is 9.40. The zero-order valence-electron chi connectivity index (χ0n) is 12.5. The van der Waals surface area contributed by atoms with Crippen LogP contribution in [0.15, 0.2) is 23.4 Å². The maximum atomic E-state index is 8.92. The van der Waals surface area contributed by atoms with E-state index >= 15 is 0 Å². The van der Waals surface area contributed by atoms with Gasteiger partial charge in [0.2, 0.25) is 0 Å². The van der Waals surface area contributed by atoms with Crippen LogP contribution in [0.25, 0.3) is 0 Å². The standard InChI is InChI=1S/C14H23ClN4O/c1-5-19(10(2)9-18(3)4)13-8-11(15)6-7-12(13)14(16)17-20/h6-8,10,20H,5,9H2,1-4H3,(H2,16,17). The molecule has 0 radical (unpaired) electrons. The van der Waals surface area contributed by atoms with Crippen molar-refractivity contribution in [2.24, 2.45) is 10.9 Å². The summed E-state index contributed by atoms with van der Waals surface area (Å²) in [7, 11) is 4.07. The van der Waals surface area contributed by atoms with E-state index in [1.807, 2.05) is 20.2 Å². The first-order valence-electron chi connectivity index (χ1n) is 6.59. The van der Waals surface area contributed by atoms with E-state index in [2.05, 4.69) is 28.8 Å². The van der Waals surface area contributed by atoms with Crippen LogP contribution in [0.1, 0.15) is 19.4 Å². The van der Waals surface area contributed by atoms with Gasteiger partial charge in [0.25, 0.3) is 0 Å².